The number of benzene rings is 4. The Morgan fingerprint density at radius 2 is 0.779 bits per heavy atom. The van der Waals surface area contributed by atoms with E-state index in [9.17, 15) is 52.7 Å². The molecule has 0 fully saturated rings. The van der Waals surface area contributed by atoms with Crippen molar-refractivity contribution in [2.45, 2.75) is 150 Å². The Morgan fingerprint density at radius 1 is 0.485 bits per heavy atom. The maximum atomic E-state index is 14.5. The summed E-state index contributed by atoms with van der Waals surface area (Å²) in [5.41, 5.74) is -2.87. The molecule has 0 radical (unpaired) electrons. The quantitative estimate of drug-likeness (QED) is 0.104. The molecular weight excluding hydrogens is 1040 g/mol. The van der Waals surface area contributed by atoms with Crippen LogP contribution in [0.25, 0.3) is 34.4 Å². The first-order valence-electron chi connectivity index (χ1n) is 22.9. The number of fused-ring (bicyclic) bond motifs is 2. The number of allylic oxidation sites excluding steroid dienone is 2. The van der Waals surface area contributed by atoms with Gasteiger partial charge in [0.2, 0.25) is 0 Å². The van der Waals surface area contributed by atoms with E-state index in [1.54, 1.807) is 12.1 Å². The fraction of sp³-hybridized carbons (Fsp3) is 0.462. The fourth-order valence-corrected chi connectivity index (χ4v) is 41.9. The van der Waals surface area contributed by atoms with Gasteiger partial charge in [0, 0.05) is 0 Å². The Balaban J connectivity index is 1.76. The zero-order valence-corrected chi connectivity index (χ0v) is 44.8. The summed E-state index contributed by atoms with van der Waals surface area (Å²) in [6.07, 6.45) is -13.1. The minimum absolute atomic E-state index is 0.109. The summed E-state index contributed by atoms with van der Waals surface area (Å²) in [7, 11) is 17.4. The molecule has 0 saturated heterocycles. The molecule has 0 saturated carbocycles. The first-order valence-corrected chi connectivity index (χ1v) is 39.2. The topological polar surface area (TPSA) is 0 Å². The molecule has 2 unspecified atom stereocenters. The van der Waals surface area contributed by atoms with Crippen LogP contribution in [0.5, 0.6) is 0 Å². The fourth-order valence-electron chi connectivity index (χ4n) is 10.4. The second kappa shape index (κ2) is 18.4. The standard InChI is InChI=1S/2C25H25F6.C2H7Si.2ClH.Zr/c2*1-5-6-7-15-10-16-8-9-21(23(2,3)4)22(20(16)11-15)17-12-18(24(26,27)28)14-19(13-17)25(29,30)31;1-3-2;;;/h2*8-14H,5-7H2,1-4H3;3H,1-2H3;2*1H;/q;;;;;+2/p-2. The van der Waals surface area contributed by atoms with Gasteiger partial charge in [-0.2, -0.15) is 0 Å². The van der Waals surface area contributed by atoms with Crippen LogP contribution in [0.15, 0.2) is 71.8 Å². The molecule has 2 atom stereocenters. The number of halogens is 14. The summed E-state index contributed by atoms with van der Waals surface area (Å²) >= 11 is -5.92. The van der Waals surface area contributed by atoms with Crippen molar-refractivity contribution in [2.75, 3.05) is 0 Å². The van der Waals surface area contributed by atoms with E-state index < -0.39 is 86.5 Å². The average molecular weight is 1100 g/mol. The monoisotopic (exact) mass is 1100 g/mol. The molecule has 68 heavy (non-hydrogen) atoms. The predicted molar refractivity (Wildman–Crippen MR) is 252 cm³/mol. The van der Waals surface area contributed by atoms with Crippen LogP contribution < -0.4 is 0 Å². The summed E-state index contributed by atoms with van der Waals surface area (Å²) in [4.78, 5) is 0. The van der Waals surface area contributed by atoms with Crippen molar-refractivity contribution in [2.24, 2.45) is 0 Å². The Labute approximate surface area is 400 Å². The molecule has 0 heterocycles. The van der Waals surface area contributed by atoms with Crippen molar-refractivity contribution in [1.29, 1.82) is 0 Å². The van der Waals surface area contributed by atoms with Gasteiger partial charge < -0.3 is 0 Å². The van der Waals surface area contributed by atoms with E-state index in [2.05, 4.69) is 0 Å². The third-order valence-electron chi connectivity index (χ3n) is 13.8. The van der Waals surface area contributed by atoms with E-state index >= 15 is 0 Å². The van der Waals surface area contributed by atoms with E-state index in [4.69, 9.17) is 17.0 Å². The zero-order valence-electron chi connectivity index (χ0n) is 39.7. The molecule has 0 spiro atoms. The minimum atomic E-state index is -5.92. The Hall–Kier alpha value is -2.80. The van der Waals surface area contributed by atoms with Crippen molar-refractivity contribution in [3.8, 4) is 22.3 Å². The van der Waals surface area contributed by atoms with Gasteiger partial charge in [-0.15, -0.1) is 0 Å². The number of unbranched alkanes of at least 4 members (excludes halogenated alkanes) is 2. The van der Waals surface area contributed by atoms with Gasteiger partial charge in [-0.1, -0.05) is 0 Å². The van der Waals surface area contributed by atoms with Crippen LogP contribution in [-0.4, -0.2) is 5.92 Å². The summed E-state index contributed by atoms with van der Waals surface area (Å²) < 4.78 is 173. The second-order valence-corrected chi connectivity index (χ2v) is 63.5. The van der Waals surface area contributed by atoms with Crippen molar-refractivity contribution in [3.63, 3.8) is 0 Å². The molecule has 4 aromatic rings. The molecule has 0 nitrogen and oxygen atoms in total. The molecule has 0 aliphatic heterocycles. The van der Waals surface area contributed by atoms with Crippen LogP contribution in [0.4, 0.5) is 52.7 Å². The molecule has 0 amide bonds. The predicted octanol–water partition coefficient (Wildman–Crippen LogP) is 19.6. The third-order valence-corrected chi connectivity index (χ3v) is 65.6. The van der Waals surface area contributed by atoms with Crippen LogP contribution in [0.2, 0.25) is 13.1 Å². The van der Waals surface area contributed by atoms with Gasteiger partial charge in [0.05, 0.1) is 0 Å². The molecule has 0 N–H and O–H groups in total. The molecule has 0 aromatic heterocycles. The average Bonchev–Trinajstić information content (AvgIpc) is 3.78. The second-order valence-electron chi connectivity index (χ2n) is 21.0. The number of rotatable bonds is 11. The Bertz CT molecular complexity index is 2410. The van der Waals surface area contributed by atoms with Crippen LogP contribution >= 0.6 is 17.0 Å². The summed E-state index contributed by atoms with van der Waals surface area (Å²) in [6.45, 7) is 19.0. The summed E-state index contributed by atoms with van der Waals surface area (Å²) in [6, 6.07) is 10.4. The van der Waals surface area contributed by atoms with E-state index in [1.165, 1.54) is 0 Å². The first kappa shape index (κ1) is 54.5. The molecule has 2 aliphatic rings. The maximum absolute atomic E-state index is 14.5. The molecule has 371 valence electrons. The van der Waals surface area contributed by atoms with E-state index in [-0.39, 0.29) is 34.4 Å². The van der Waals surface area contributed by atoms with Crippen molar-refractivity contribution >= 4 is 35.1 Å². The van der Waals surface area contributed by atoms with Gasteiger partial charge in [-0.25, -0.2) is 0 Å². The molecule has 4 aromatic carbocycles. The normalized spacial score (nSPS) is 17.8. The van der Waals surface area contributed by atoms with Crippen molar-refractivity contribution < 1.29 is 68.2 Å². The molecule has 16 heteroatoms. The van der Waals surface area contributed by atoms with Crippen LogP contribution in [0, 0.1) is 0 Å². The Kier molecular flexibility index (Phi) is 14.7. The number of alkyl halides is 12. The summed E-state index contributed by atoms with van der Waals surface area (Å²) in [5.74, 6) is -2.41. The number of hydrogen-bond donors (Lipinski definition) is 0. The van der Waals surface area contributed by atoms with Gasteiger partial charge in [-0.3, -0.25) is 0 Å². The molecule has 0 bridgehead atoms. The number of hydrogen-bond acceptors (Lipinski definition) is 0. The van der Waals surface area contributed by atoms with Gasteiger partial charge in [0.1, 0.15) is 0 Å². The zero-order chi connectivity index (χ0) is 51.1. The van der Waals surface area contributed by atoms with E-state index in [0.717, 1.165) is 48.3 Å². The van der Waals surface area contributed by atoms with E-state index in [0.29, 0.717) is 59.1 Å². The molecular formula is C52H57Cl2F12SiZr. The van der Waals surface area contributed by atoms with Crippen molar-refractivity contribution in [1.82, 2.24) is 0 Å². The van der Waals surface area contributed by atoms with Gasteiger partial charge >= 0.3 is 403 Å². The summed E-state index contributed by atoms with van der Waals surface area (Å²) in [5, 5.41) is 0. The first-order chi connectivity index (χ1) is 31.0. The van der Waals surface area contributed by atoms with Crippen molar-refractivity contribution in [3.05, 3.63) is 127 Å². The van der Waals surface area contributed by atoms with Crippen LogP contribution in [-0.2, 0) is 51.1 Å². The van der Waals surface area contributed by atoms with Crippen LogP contribution in [0.1, 0.15) is 157 Å². The Morgan fingerprint density at radius 3 is 1.01 bits per heavy atom. The molecule has 2 aliphatic carbocycles. The van der Waals surface area contributed by atoms with Gasteiger partial charge in [-0.05, 0) is 0 Å². The van der Waals surface area contributed by atoms with Gasteiger partial charge in [0.25, 0.3) is 0 Å². The SMILES string of the molecule is CCCCC1=Cc2c(ccc(C(C)(C)C)c2-c2cc(C(F)(F)F)cc(C(F)(F)F)c2)[CH]1[Zr]([Cl])([Cl])([CH]1C(CCCC)=Cc2c1ccc(C(C)(C)C)c2-c1cc(C(F)(F)F)cc(C(F)(F)F)c1)[SiH](C)C. The van der Waals surface area contributed by atoms with Crippen LogP contribution in [0.3, 0.4) is 0 Å². The van der Waals surface area contributed by atoms with E-state index in [1.807, 2.05) is 92.8 Å². The third kappa shape index (κ3) is 10.2. The molecule has 6 rings (SSSR count). The van der Waals surface area contributed by atoms with Gasteiger partial charge in [0.15, 0.2) is 0 Å².